The zero-order chi connectivity index (χ0) is 17.5. The summed E-state index contributed by atoms with van der Waals surface area (Å²) in [4.78, 5) is 24.1. The molecule has 1 heterocycles. The molecule has 0 radical (unpaired) electrons. The quantitative estimate of drug-likeness (QED) is 0.803. The summed E-state index contributed by atoms with van der Waals surface area (Å²) in [5.74, 6) is -0.600. The first kappa shape index (κ1) is 17.9. The van der Waals surface area contributed by atoms with Crippen LogP contribution in [0.1, 0.15) is 28.2 Å². The summed E-state index contributed by atoms with van der Waals surface area (Å²) in [5, 5.41) is 7.02. The summed E-state index contributed by atoms with van der Waals surface area (Å²) >= 11 is 1.29. The second kappa shape index (κ2) is 8.39. The lowest BCUT2D eigenvalue weighted by atomic mass is 10.1. The van der Waals surface area contributed by atoms with E-state index >= 15 is 0 Å². The van der Waals surface area contributed by atoms with E-state index in [1.807, 2.05) is 0 Å². The van der Waals surface area contributed by atoms with Crippen molar-refractivity contribution < 1.29 is 23.1 Å². The average molecular weight is 354 g/mol. The van der Waals surface area contributed by atoms with Gasteiger partial charge in [0.15, 0.2) is 0 Å². The molecule has 2 N–H and O–H groups in total. The topological polar surface area (TPSA) is 67.4 Å². The number of amides is 2. The van der Waals surface area contributed by atoms with Gasteiger partial charge >= 0.3 is 6.61 Å². The predicted molar refractivity (Wildman–Crippen MR) is 86.3 cm³/mol. The molecule has 2 amide bonds. The van der Waals surface area contributed by atoms with Crippen molar-refractivity contribution in [2.45, 2.75) is 19.6 Å². The molecule has 0 aliphatic heterocycles. The Morgan fingerprint density at radius 1 is 1.21 bits per heavy atom. The van der Waals surface area contributed by atoms with Crippen LogP contribution in [0.2, 0.25) is 0 Å². The highest BCUT2D eigenvalue weighted by molar-refractivity contribution is 7.12. The second-order valence-corrected chi connectivity index (χ2v) is 5.84. The predicted octanol–water partition coefficient (Wildman–Crippen LogP) is 2.96. The molecule has 5 nitrogen and oxygen atoms in total. The highest BCUT2D eigenvalue weighted by Crippen LogP contribution is 2.19. The largest absolute Gasteiger partial charge is 0.435 e. The zero-order valence-corrected chi connectivity index (χ0v) is 13.6. The number of carbonyl (C=O) groups excluding carboxylic acids is 2. The standard InChI is InChI=1S/C16H16F2N2O3S/c1-10(11-4-6-12(7-5-11)23-16(17)18)20-14(21)9-19-15(22)13-3-2-8-24-13/h2-8,10,16H,9H2,1H3,(H,19,22)(H,20,21). The fourth-order valence-electron chi connectivity index (χ4n) is 1.97. The van der Waals surface area contributed by atoms with Crippen molar-refractivity contribution in [2.24, 2.45) is 0 Å². The lowest BCUT2D eigenvalue weighted by molar-refractivity contribution is -0.120. The Balaban J connectivity index is 1.81. The van der Waals surface area contributed by atoms with Gasteiger partial charge in [0.25, 0.3) is 5.91 Å². The number of rotatable bonds is 7. The molecule has 0 spiro atoms. The van der Waals surface area contributed by atoms with E-state index in [1.165, 1.54) is 23.5 Å². The molecular formula is C16H16F2N2O3S. The summed E-state index contributed by atoms with van der Waals surface area (Å²) in [5.41, 5.74) is 0.731. The van der Waals surface area contributed by atoms with Crippen molar-refractivity contribution in [2.75, 3.05) is 6.54 Å². The number of carbonyl (C=O) groups is 2. The third-order valence-corrected chi connectivity index (χ3v) is 4.01. The van der Waals surface area contributed by atoms with Crippen LogP contribution in [-0.2, 0) is 4.79 Å². The van der Waals surface area contributed by atoms with Gasteiger partial charge < -0.3 is 15.4 Å². The van der Waals surface area contributed by atoms with Gasteiger partial charge in [-0.1, -0.05) is 18.2 Å². The molecule has 1 atom stereocenters. The first-order chi connectivity index (χ1) is 11.5. The van der Waals surface area contributed by atoms with E-state index in [0.717, 1.165) is 5.56 Å². The number of benzene rings is 1. The lowest BCUT2D eigenvalue weighted by Crippen LogP contribution is -2.37. The Labute approximate surface area is 141 Å². The van der Waals surface area contributed by atoms with Gasteiger partial charge in [-0.05, 0) is 36.1 Å². The molecule has 0 fully saturated rings. The minimum atomic E-state index is -2.88. The maximum atomic E-state index is 12.1. The molecular weight excluding hydrogens is 338 g/mol. The molecule has 1 aromatic heterocycles. The van der Waals surface area contributed by atoms with E-state index in [0.29, 0.717) is 4.88 Å². The second-order valence-electron chi connectivity index (χ2n) is 4.90. The van der Waals surface area contributed by atoms with E-state index in [2.05, 4.69) is 15.4 Å². The molecule has 24 heavy (non-hydrogen) atoms. The third-order valence-electron chi connectivity index (χ3n) is 3.14. The fourth-order valence-corrected chi connectivity index (χ4v) is 2.61. The highest BCUT2D eigenvalue weighted by Gasteiger charge is 2.12. The van der Waals surface area contributed by atoms with Gasteiger partial charge in [-0.2, -0.15) is 8.78 Å². The Bertz CT molecular complexity index is 675. The van der Waals surface area contributed by atoms with Crippen molar-refractivity contribution in [3.8, 4) is 5.75 Å². The summed E-state index contributed by atoms with van der Waals surface area (Å²) in [6, 6.07) is 9.08. The number of ether oxygens (including phenoxy) is 1. The molecule has 8 heteroatoms. The Morgan fingerprint density at radius 3 is 2.50 bits per heavy atom. The minimum absolute atomic E-state index is 0.0514. The van der Waals surface area contributed by atoms with Crippen molar-refractivity contribution in [1.82, 2.24) is 10.6 Å². The van der Waals surface area contributed by atoms with Crippen LogP contribution in [0.3, 0.4) is 0 Å². The summed E-state index contributed by atoms with van der Waals surface area (Å²) in [6.07, 6.45) is 0. The number of halogens is 2. The molecule has 1 aromatic carbocycles. The van der Waals surface area contributed by atoms with Gasteiger partial charge in [-0.25, -0.2) is 0 Å². The smallest absolute Gasteiger partial charge is 0.387 e. The molecule has 2 aromatic rings. The SMILES string of the molecule is CC(NC(=O)CNC(=O)c1cccs1)c1ccc(OC(F)F)cc1. The third kappa shape index (κ3) is 5.31. The van der Waals surface area contributed by atoms with Crippen molar-refractivity contribution in [1.29, 1.82) is 0 Å². The first-order valence-corrected chi connectivity index (χ1v) is 7.99. The van der Waals surface area contributed by atoms with Crippen LogP contribution in [0, 0.1) is 0 Å². The zero-order valence-electron chi connectivity index (χ0n) is 12.8. The van der Waals surface area contributed by atoms with E-state index in [1.54, 1.807) is 36.6 Å². The lowest BCUT2D eigenvalue weighted by Gasteiger charge is -2.15. The molecule has 128 valence electrons. The maximum absolute atomic E-state index is 12.1. The molecule has 0 bridgehead atoms. The van der Waals surface area contributed by atoms with Crippen LogP contribution in [0.25, 0.3) is 0 Å². The number of alkyl halides is 2. The Morgan fingerprint density at radius 2 is 1.92 bits per heavy atom. The van der Waals surface area contributed by atoms with E-state index in [9.17, 15) is 18.4 Å². The Kier molecular flexibility index (Phi) is 6.25. The normalized spacial score (nSPS) is 11.8. The van der Waals surface area contributed by atoms with Crippen LogP contribution >= 0.6 is 11.3 Å². The molecule has 0 aliphatic carbocycles. The average Bonchev–Trinajstić information content (AvgIpc) is 3.07. The minimum Gasteiger partial charge on any atom is -0.435 e. The van der Waals surface area contributed by atoms with Gasteiger partial charge in [-0.15, -0.1) is 11.3 Å². The molecule has 1 unspecified atom stereocenters. The summed E-state index contributed by atoms with van der Waals surface area (Å²) in [6.45, 7) is -1.27. The van der Waals surface area contributed by atoms with E-state index in [-0.39, 0.29) is 30.2 Å². The van der Waals surface area contributed by atoms with Crippen LogP contribution in [0.4, 0.5) is 8.78 Å². The molecule has 0 saturated heterocycles. The van der Waals surface area contributed by atoms with Gasteiger partial charge in [0.2, 0.25) is 5.91 Å². The number of hydrogen-bond acceptors (Lipinski definition) is 4. The van der Waals surface area contributed by atoms with Crippen LogP contribution in [0.15, 0.2) is 41.8 Å². The van der Waals surface area contributed by atoms with Gasteiger partial charge in [0, 0.05) is 0 Å². The molecule has 2 rings (SSSR count). The summed E-state index contributed by atoms with van der Waals surface area (Å²) in [7, 11) is 0. The van der Waals surface area contributed by atoms with E-state index < -0.39 is 6.61 Å². The van der Waals surface area contributed by atoms with Crippen molar-refractivity contribution >= 4 is 23.2 Å². The molecule has 0 saturated carbocycles. The van der Waals surface area contributed by atoms with Crippen molar-refractivity contribution in [3.63, 3.8) is 0 Å². The van der Waals surface area contributed by atoms with Crippen molar-refractivity contribution in [3.05, 3.63) is 52.2 Å². The van der Waals surface area contributed by atoms with Gasteiger partial charge in [0.1, 0.15) is 5.75 Å². The van der Waals surface area contributed by atoms with Gasteiger partial charge in [0.05, 0.1) is 17.5 Å². The van der Waals surface area contributed by atoms with Gasteiger partial charge in [-0.3, -0.25) is 9.59 Å². The van der Waals surface area contributed by atoms with Crippen LogP contribution in [0.5, 0.6) is 5.75 Å². The first-order valence-electron chi connectivity index (χ1n) is 7.11. The summed E-state index contributed by atoms with van der Waals surface area (Å²) < 4.78 is 28.4. The number of thiophene rings is 1. The molecule has 0 aliphatic rings. The monoisotopic (exact) mass is 354 g/mol. The number of hydrogen-bond donors (Lipinski definition) is 2. The van der Waals surface area contributed by atoms with Crippen LogP contribution < -0.4 is 15.4 Å². The van der Waals surface area contributed by atoms with Crippen LogP contribution in [-0.4, -0.2) is 25.0 Å². The Hall–Kier alpha value is -2.48. The fraction of sp³-hybridized carbons (Fsp3) is 0.250. The van der Waals surface area contributed by atoms with E-state index in [4.69, 9.17) is 0 Å². The highest BCUT2D eigenvalue weighted by atomic mass is 32.1. The maximum Gasteiger partial charge on any atom is 0.387 e. The number of nitrogens with one attached hydrogen (secondary N) is 2.